The minimum Gasteiger partial charge on any atom is -0.337 e. The van der Waals surface area contributed by atoms with Crippen molar-refractivity contribution < 1.29 is 18.0 Å². The third-order valence-corrected chi connectivity index (χ3v) is 5.95. The summed E-state index contributed by atoms with van der Waals surface area (Å²) in [7, 11) is 0. The van der Waals surface area contributed by atoms with E-state index in [2.05, 4.69) is 10.3 Å². The van der Waals surface area contributed by atoms with E-state index in [0.717, 1.165) is 67.0 Å². The van der Waals surface area contributed by atoms with Crippen LogP contribution < -0.4 is 5.32 Å². The summed E-state index contributed by atoms with van der Waals surface area (Å²) in [6, 6.07) is 9.14. The lowest BCUT2D eigenvalue weighted by atomic mass is 10.1. The topological polar surface area (TPSA) is 49.6 Å². The van der Waals surface area contributed by atoms with Gasteiger partial charge >= 0.3 is 6.18 Å². The molecular formula is C24H27F3N4O. The number of benzene rings is 1. The van der Waals surface area contributed by atoms with Crippen LogP contribution in [0, 0.1) is 6.92 Å². The standard InChI is InChI=1S/C24H27F3N4O/c1-17-6-5-15-31-20(21(29-22(17)31)23(32)30-13-3-2-4-14-30)16-28-12-11-18-7-9-19(10-8-18)24(25,26)27/h5-10,15,28H,2-4,11-14,16H2,1H3. The second-order valence-electron chi connectivity index (χ2n) is 8.27. The normalized spacial score (nSPS) is 14.8. The van der Waals surface area contributed by atoms with E-state index >= 15 is 0 Å². The number of imidazole rings is 1. The Labute approximate surface area is 185 Å². The van der Waals surface area contributed by atoms with Crippen LogP contribution in [0.4, 0.5) is 13.2 Å². The van der Waals surface area contributed by atoms with Crippen LogP contribution in [0.3, 0.4) is 0 Å². The average Bonchev–Trinajstić information content (AvgIpc) is 3.16. The van der Waals surface area contributed by atoms with Gasteiger partial charge in [-0.1, -0.05) is 18.2 Å². The summed E-state index contributed by atoms with van der Waals surface area (Å²) in [5, 5.41) is 3.34. The molecule has 0 aliphatic carbocycles. The molecule has 0 radical (unpaired) electrons. The van der Waals surface area contributed by atoms with E-state index in [-0.39, 0.29) is 5.91 Å². The van der Waals surface area contributed by atoms with Crippen molar-refractivity contribution in [3.05, 3.63) is 70.7 Å². The summed E-state index contributed by atoms with van der Waals surface area (Å²) >= 11 is 0. The highest BCUT2D eigenvalue weighted by Crippen LogP contribution is 2.29. The number of pyridine rings is 1. The van der Waals surface area contributed by atoms with E-state index in [4.69, 9.17) is 0 Å². The third kappa shape index (κ3) is 4.80. The Bertz CT molecular complexity index is 1080. The molecule has 1 aliphatic rings. The van der Waals surface area contributed by atoms with E-state index < -0.39 is 11.7 Å². The van der Waals surface area contributed by atoms with Gasteiger partial charge in [0.05, 0.1) is 11.3 Å². The third-order valence-electron chi connectivity index (χ3n) is 5.95. The largest absolute Gasteiger partial charge is 0.416 e. The summed E-state index contributed by atoms with van der Waals surface area (Å²) in [4.78, 5) is 19.8. The molecule has 5 nitrogen and oxygen atoms in total. The number of hydrogen-bond acceptors (Lipinski definition) is 3. The molecule has 3 aromatic rings. The molecule has 0 spiro atoms. The number of carbonyl (C=O) groups is 1. The van der Waals surface area contributed by atoms with Gasteiger partial charge in [-0.05, 0) is 68.5 Å². The fourth-order valence-electron chi connectivity index (χ4n) is 4.14. The van der Waals surface area contributed by atoms with Crippen molar-refractivity contribution in [2.24, 2.45) is 0 Å². The molecule has 0 atom stereocenters. The first-order valence-corrected chi connectivity index (χ1v) is 11.0. The molecule has 3 heterocycles. The van der Waals surface area contributed by atoms with E-state index in [1.54, 1.807) is 0 Å². The predicted octanol–water partition coefficient (Wildman–Crippen LogP) is 4.62. The summed E-state index contributed by atoms with van der Waals surface area (Å²) in [6.07, 6.45) is 1.35. The van der Waals surface area contributed by atoms with Gasteiger partial charge in [-0.2, -0.15) is 13.2 Å². The number of piperidine rings is 1. The van der Waals surface area contributed by atoms with E-state index in [1.807, 2.05) is 34.6 Å². The Kier molecular flexibility index (Phi) is 6.50. The molecule has 1 aliphatic heterocycles. The number of likely N-dealkylation sites (tertiary alicyclic amines) is 1. The maximum Gasteiger partial charge on any atom is 0.416 e. The van der Waals surface area contributed by atoms with Crippen LogP contribution >= 0.6 is 0 Å². The van der Waals surface area contributed by atoms with Crippen molar-refractivity contribution >= 4 is 11.6 Å². The number of alkyl halides is 3. The predicted molar refractivity (Wildman–Crippen MR) is 117 cm³/mol. The lowest BCUT2D eigenvalue weighted by Gasteiger charge is -2.26. The Morgan fingerprint density at radius 3 is 2.50 bits per heavy atom. The first-order chi connectivity index (χ1) is 15.3. The molecule has 32 heavy (non-hydrogen) atoms. The number of halogens is 3. The monoisotopic (exact) mass is 444 g/mol. The molecule has 8 heteroatoms. The van der Waals surface area contributed by atoms with Gasteiger partial charge in [-0.3, -0.25) is 4.79 Å². The summed E-state index contributed by atoms with van der Waals surface area (Å²) < 4.78 is 40.1. The van der Waals surface area contributed by atoms with Crippen LogP contribution in [0.25, 0.3) is 5.65 Å². The molecule has 0 bridgehead atoms. The molecule has 0 saturated carbocycles. The van der Waals surface area contributed by atoms with Gasteiger partial charge in [0.2, 0.25) is 0 Å². The second kappa shape index (κ2) is 9.32. The minimum absolute atomic E-state index is 0.0349. The van der Waals surface area contributed by atoms with Crippen LogP contribution in [0.2, 0.25) is 0 Å². The molecule has 2 aromatic heterocycles. The molecule has 1 aromatic carbocycles. The van der Waals surface area contributed by atoms with E-state index in [1.165, 1.54) is 12.1 Å². The highest BCUT2D eigenvalue weighted by Gasteiger charge is 2.30. The van der Waals surface area contributed by atoms with Gasteiger partial charge in [-0.15, -0.1) is 0 Å². The van der Waals surface area contributed by atoms with Gasteiger partial charge < -0.3 is 14.6 Å². The molecule has 1 saturated heterocycles. The zero-order valence-electron chi connectivity index (χ0n) is 18.1. The summed E-state index contributed by atoms with van der Waals surface area (Å²) in [5.74, 6) is -0.0349. The lowest BCUT2D eigenvalue weighted by molar-refractivity contribution is -0.137. The zero-order valence-corrected chi connectivity index (χ0v) is 18.1. The zero-order chi connectivity index (χ0) is 22.7. The Morgan fingerprint density at radius 1 is 1.09 bits per heavy atom. The maximum atomic E-state index is 13.2. The van der Waals surface area contributed by atoms with Gasteiger partial charge in [0.1, 0.15) is 5.65 Å². The van der Waals surface area contributed by atoms with Crippen molar-refractivity contribution in [2.75, 3.05) is 19.6 Å². The number of hydrogen-bond donors (Lipinski definition) is 1. The molecule has 170 valence electrons. The number of rotatable bonds is 6. The number of fused-ring (bicyclic) bond motifs is 1. The van der Waals surface area contributed by atoms with Crippen molar-refractivity contribution in [1.82, 2.24) is 19.6 Å². The number of aryl methyl sites for hydroxylation is 1. The number of aromatic nitrogens is 2. The minimum atomic E-state index is -4.32. The van der Waals surface area contributed by atoms with E-state index in [9.17, 15) is 18.0 Å². The fraction of sp³-hybridized carbons (Fsp3) is 0.417. The number of carbonyl (C=O) groups excluding carboxylic acids is 1. The smallest absolute Gasteiger partial charge is 0.337 e. The van der Waals surface area contributed by atoms with Gasteiger partial charge in [0.15, 0.2) is 5.69 Å². The Balaban J connectivity index is 1.47. The van der Waals surface area contributed by atoms with Gasteiger partial charge in [-0.25, -0.2) is 4.98 Å². The van der Waals surface area contributed by atoms with E-state index in [0.29, 0.717) is 25.2 Å². The SMILES string of the molecule is Cc1cccn2c(CNCCc3ccc(C(F)(F)F)cc3)c(C(=O)N3CCCCC3)nc12. The second-order valence-corrected chi connectivity index (χ2v) is 8.27. The quantitative estimate of drug-likeness (QED) is 0.565. The van der Waals surface area contributed by atoms with Crippen molar-refractivity contribution in [3.63, 3.8) is 0 Å². The van der Waals surface area contributed by atoms with Crippen molar-refractivity contribution in [1.29, 1.82) is 0 Å². The molecule has 1 amide bonds. The van der Waals surface area contributed by atoms with Crippen LogP contribution in [0.15, 0.2) is 42.6 Å². The first-order valence-electron chi connectivity index (χ1n) is 11.0. The molecule has 1 fully saturated rings. The van der Waals surface area contributed by atoms with Crippen LogP contribution in [0.1, 0.15) is 52.1 Å². The van der Waals surface area contributed by atoms with Crippen LogP contribution in [-0.2, 0) is 19.1 Å². The van der Waals surface area contributed by atoms with Crippen molar-refractivity contribution in [2.45, 2.75) is 45.3 Å². The molecule has 1 N–H and O–H groups in total. The van der Waals surface area contributed by atoms with Crippen molar-refractivity contribution in [3.8, 4) is 0 Å². The maximum absolute atomic E-state index is 13.2. The van der Waals surface area contributed by atoms with Gasteiger partial charge in [0, 0.05) is 25.8 Å². The fourth-order valence-corrected chi connectivity index (χ4v) is 4.14. The van der Waals surface area contributed by atoms with Crippen LogP contribution in [0.5, 0.6) is 0 Å². The average molecular weight is 445 g/mol. The summed E-state index contributed by atoms with van der Waals surface area (Å²) in [6.45, 7) is 4.50. The molecule has 4 rings (SSSR count). The van der Waals surface area contributed by atoms with Crippen LogP contribution in [-0.4, -0.2) is 39.8 Å². The highest BCUT2D eigenvalue weighted by molar-refractivity contribution is 5.94. The highest BCUT2D eigenvalue weighted by atomic mass is 19.4. The number of nitrogens with zero attached hydrogens (tertiary/aromatic N) is 3. The number of amides is 1. The van der Waals surface area contributed by atoms with Gasteiger partial charge in [0.25, 0.3) is 5.91 Å². The first kappa shape index (κ1) is 22.3. The molecular weight excluding hydrogens is 417 g/mol. The summed E-state index contributed by atoms with van der Waals surface area (Å²) in [5.41, 5.74) is 3.23. The lowest BCUT2D eigenvalue weighted by Crippen LogP contribution is -2.36. The Morgan fingerprint density at radius 2 is 1.81 bits per heavy atom. The molecule has 0 unspecified atom stereocenters. The Hall–Kier alpha value is -2.87. The number of nitrogens with one attached hydrogen (secondary N) is 1.